The fraction of sp³-hybridized carbons (Fsp3) is 0.667. The molecule has 1 heterocycles. The molecule has 0 amide bonds. The first-order valence-corrected chi connectivity index (χ1v) is 10.1. The van der Waals surface area contributed by atoms with Crippen molar-refractivity contribution in [1.29, 1.82) is 0 Å². The van der Waals surface area contributed by atoms with E-state index in [1.807, 2.05) is 32.9 Å². The number of hydrogen-bond acceptors (Lipinski definition) is 4. The zero-order valence-corrected chi connectivity index (χ0v) is 16.0. The van der Waals surface area contributed by atoms with Crippen LogP contribution in [0.3, 0.4) is 0 Å². The third kappa shape index (κ3) is 4.57. The van der Waals surface area contributed by atoms with Crippen LogP contribution in [-0.2, 0) is 10.0 Å². The highest BCUT2D eigenvalue weighted by molar-refractivity contribution is 7.89. The van der Waals surface area contributed by atoms with Gasteiger partial charge in [0.1, 0.15) is 0 Å². The zero-order chi connectivity index (χ0) is 17.9. The number of benzene rings is 1. The summed E-state index contributed by atoms with van der Waals surface area (Å²) in [4.78, 5) is 0.466. The fourth-order valence-electron chi connectivity index (χ4n) is 3.50. The Morgan fingerprint density at radius 3 is 2.25 bits per heavy atom. The van der Waals surface area contributed by atoms with Gasteiger partial charge in [0, 0.05) is 19.1 Å². The van der Waals surface area contributed by atoms with Crippen LogP contribution in [0.5, 0.6) is 0 Å². The number of rotatable bonds is 6. The van der Waals surface area contributed by atoms with Crippen molar-refractivity contribution in [1.82, 2.24) is 9.62 Å². The van der Waals surface area contributed by atoms with Crippen molar-refractivity contribution >= 4 is 10.0 Å². The zero-order valence-electron chi connectivity index (χ0n) is 15.2. The first-order valence-electron chi connectivity index (χ1n) is 8.71. The van der Waals surface area contributed by atoms with Crippen molar-refractivity contribution in [3.63, 3.8) is 0 Å². The molecule has 6 heteroatoms. The van der Waals surface area contributed by atoms with Crippen LogP contribution in [0.25, 0.3) is 0 Å². The van der Waals surface area contributed by atoms with Gasteiger partial charge in [-0.3, -0.25) is 0 Å². The molecule has 0 spiro atoms. The molecule has 2 rings (SSSR count). The average molecular weight is 355 g/mol. The number of aliphatic hydroxyl groups excluding tert-OH is 1. The van der Waals surface area contributed by atoms with E-state index in [1.165, 1.54) is 0 Å². The van der Waals surface area contributed by atoms with Gasteiger partial charge in [0.15, 0.2) is 0 Å². The maximum Gasteiger partial charge on any atom is 0.243 e. The fourth-order valence-corrected chi connectivity index (χ4v) is 5.38. The van der Waals surface area contributed by atoms with Gasteiger partial charge < -0.3 is 10.4 Å². The van der Waals surface area contributed by atoms with E-state index >= 15 is 0 Å². The molecule has 2 N–H and O–H groups in total. The molecule has 1 saturated heterocycles. The van der Waals surface area contributed by atoms with E-state index in [-0.39, 0.29) is 6.10 Å². The molecule has 1 fully saturated rings. The predicted octanol–water partition coefficient (Wildman–Crippen LogP) is 2.13. The maximum atomic E-state index is 13.0. The van der Waals surface area contributed by atoms with Crippen LogP contribution in [0.1, 0.15) is 42.9 Å². The Kier molecular flexibility index (Phi) is 6.42. The van der Waals surface area contributed by atoms with E-state index in [9.17, 15) is 13.5 Å². The van der Waals surface area contributed by atoms with Crippen molar-refractivity contribution < 1.29 is 13.5 Å². The lowest BCUT2D eigenvalue weighted by atomic mass is 10.1. The Balaban J connectivity index is 2.03. The maximum absolute atomic E-state index is 13.0. The Hall–Kier alpha value is -0.950. The van der Waals surface area contributed by atoms with E-state index < -0.39 is 10.0 Å². The first kappa shape index (κ1) is 19.4. The Bertz CT molecular complexity index is 640. The smallest absolute Gasteiger partial charge is 0.243 e. The van der Waals surface area contributed by atoms with Crippen molar-refractivity contribution in [2.45, 2.75) is 64.0 Å². The molecule has 0 saturated carbocycles. The van der Waals surface area contributed by atoms with Gasteiger partial charge in [0.2, 0.25) is 10.0 Å². The van der Waals surface area contributed by atoms with Gasteiger partial charge in [-0.05, 0) is 64.6 Å². The molecule has 24 heavy (non-hydrogen) atoms. The molecule has 0 radical (unpaired) electrons. The number of hydrogen-bond donors (Lipinski definition) is 2. The number of nitrogens with zero attached hydrogens (tertiary/aromatic N) is 1. The second-order valence-electron chi connectivity index (χ2n) is 7.00. The van der Waals surface area contributed by atoms with Crippen LogP contribution in [0, 0.1) is 20.8 Å². The molecule has 5 nitrogen and oxygen atoms in total. The number of piperidine rings is 1. The minimum Gasteiger partial charge on any atom is -0.393 e. The normalized spacial score (nSPS) is 18.7. The van der Waals surface area contributed by atoms with Gasteiger partial charge in [-0.15, -0.1) is 0 Å². The highest BCUT2D eigenvalue weighted by atomic mass is 32.2. The third-order valence-corrected chi connectivity index (χ3v) is 6.86. The lowest BCUT2D eigenvalue weighted by Gasteiger charge is -2.32. The summed E-state index contributed by atoms with van der Waals surface area (Å²) in [5.74, 6) is 0. The number of aryl methyl sites for hydroxylation is 3. The summed E-state index contributed by atoms with van der Waals surface area (Å²) in [6.45, 7) is 9.37. The topological polar surface area (TPSA) is 69.6 Å². The van der Waals surface area contributed by atoms with Crippen LogP contribution in [-0.4, -0.2) is 49.6 Å². The summed E-state index contributed by atoms with van der Waals surface area (Å²) < 4.78 is 27.7. The summed E-state index contributed by atoms with van der Waals surface area (Å²) >= 11 is 0. The Labute approximate surface area is 146 Å². The summed E-state index contributed by atoms with van der Waals surface area (Å²) in [6.07, 6.45) is 2.04. The minimum absolute atomic E-state index is 0.301. The summed E-state index contributed by atoms with van der Waals surface area (Å²) in [5.41, 5.74) is 2.74. The molecule has 1 aliphatic rings. The molecule has 1 aliphatic heterocycles. The van der Waals surface area contributed by atoms with Crippen LogP contribution in [0.4, 0.5) is 0 Å². The van der Waals surface area contributed by atoms with Gasteiger partial charge in [-0.2, -0.15) is 4.31 Å². The van der Waals surface area contributed by atoms with Gasteiger partial charge in [-0.1, -0.05) is 17.7 Å². The van der Waals surface area contributed by atoms with Crippen LogP contribution in [0.15, 0.2) is 17.0 Å². The van der Waals surface area contributed by atoms with Crippen molar-refractivity contribution in [2.24, 2.45) is 0 Å². The highest BCUT2D eigenvalue weighted by Crippen LogP contribution is 2.27. The summed E-state index contributed by atoms with van der Waals surface area (Å²) in [7, 11) is -3.43. The molecule has 0 bridgehead atoms. The second-order valence-corrected chi connectivity index (χ2v) is 8.87. The lowest BCUT2D eigenvalue weighted by molar-refractivity contribution is 0.179. The Morgan fingerprint density at radius 2 is 1.75 bits per heavy atom. The van der Waals surface area contributed by atoms with Crippen molar-refractivity contribution in [3.05, 3.63) is 28.8 Å². The molecule has 1 atom stereocenters. The van der Waals surface area contributed by atoms with Gasteiger partial charge >= 0.3 is 0 Å². The van der Waals surface area contributed by atoms with Crippen LogP contribution < -0.4 is 5.32 Å². The molecule has 0 aliphatic carbocycles. The summed E-state index contributed by atoms with van der Waals surface area (Å²) in [5, 5.41) is 12.7. The Morgan fingerprint density at radius 1 is 1.21 bits per heavy atom. The number of sulfonamides is 1. The van der Waals surface area contributed by atoms with E-state index in [1.54, 1.807) is 11.2 Å². The average Bonchev–Trinajstić information content (AvgIpc) is 2.46. The van der Waals surface area contributed by atoms with E-state index in [0.29, 0.717) is 24.0 Å². The minimum atomic E-state index is -3.43. The van der Waals surface area contributed by atoms with E-state index in [2.05, 4.69) is 5.32 Å². The number of aliphatic hydroxyl groups is 1. The second kappa shape index (κ2) is 7.95. The van der Waals surface area contributed by atoms with E-state index in [0.717, 1.165) is 42.5 Å². The first-order chi connectivity index (χ1) is 11.2. The molecule has 0 aromatic heterocycles. The van der Waals surface area contributed by atoms with E-state index in [4.69, 9.17) is 0 Å². The molecule has 1 aromatic rings. The van der Waals surface area contributed by atoms with Crippen LogP contribution >= 0.6 is 0 Å². The largest absolute Gasteiger partial charge is 0.393 e. The molecular weight excluding hydrogens is 324 g/mol. The highest BCUT2D eigenvalue weighted by Gasteiger charge is 2.31. The van der Waals surface area contributed by atoms with Crippen molar-refractivity contribution in [3.8, 4) is 0 Å². The standard InChI is InChI=1S/C18H30N2O3S/c1-13-11-14(2)18(15(3)12-13)24(22,23)20-9-6-17(7-10-20)19-8-5-16(4)21/h11-12,16-17,19,21H,5-10H2,1-4H3. The van der Waals surface area contributed by atoms with Crippen LogP contribution in [0.2, 0.25) is 0 Å². The lowest BCUT2D eigenvalue weighted by Crippen LogP contribution is -2.45. The molecule has 136 valence electrons. The number of nitrogens with one attached hydrogen (secondary N) is 1. The molecule has 1 unspecified atom stereocenters. The van der Waals surface area contributed by atoms with Gasteiger partial charge in [0.05, 0.1) is 11.0 Å². The predicted molar refractivity (Wildman–Crippen MR) is 96.7 cm³/mol. The third-order valence-electron chi connectivity index (χ3n) is 4.65. The SMILES string of the molecule is Cc1cc(C)c(S(=O)(=O)N2CCC(NCCC(C)O)CC2)c(C)c1. The quantitative estimate of drug-likeness (QED) is 0.821. The summed E-state index contributed by atoms with van der Waals surface area (Å²) in [6, 6.07) is 4.20. The monoisotopic (exact) mass is 354 g/mol. The molecule has 1 aromatic carbocycles. The van der Waals surface area contributed by atoms with Gasteiger partial charge in [0.25, 0.3) is 0 Å². The molecular formula is C18H30N2O3S. The van der Waals surface area contributed by atoms with Crippen molar-refractivity contribution in [2.75, 3.05) is 19.6 Å². The van der Waals surface area contributed by atoms with Gasteiger partial charge in [-0.25, -0.2) is 8.42 Å².